The first-order chi connectivity index (χ1) is 12.5. The number of hydrogen-bond acceptors (Lipinski definition) is 3. The standard InChI is InChI=1S/C22H25N3S/c1-6-8-18(16(5)7-2)19-12-17(14-25-10-9-23-22(19)25)20-13-24-21(26-20)11-15(3)4/h6-10,12-15H,2,11H2,1,3-5H3/b8-6-,18-16+. The largest absolute Gasteiger partial charge is 0.306 e. The monoisotopic (exact) mass is 363 g/mol. The Morgan fingerprint density at radius 1 is 1.35 bits per heavy atom. The van der Waals surface area contributed by atoms with Crippen molar-refractivity contribution in [3.05, 3.63) is 71.8 Å². The van der Waals surface area contributed by atoms with Crippen molar-refractivity contribution in [3.63, 3.8) is 0 Å². The fraction of sp³-hybridized carbons (Fsp3) is 0.273. The molecule has 0 radical (unpaired) electrons. The van der Waals surface area contributed by atoms with Gasteiger partial charge in [-0.05, 0) is 37.0 Å². The minimum atomic E-state index is 0.611. The van der Waals surface area contributed by atoms with Gasteiger partial charge in [0.15, 0.2) is 0 Å². The molecule has 26 heavy (non-hydrogen) atoms. The second-order valence-corrected chi connectivity index (χ2v) is 7.93. The van der Waals surface area contributed by atoms with E-state index >= 15 is 0 Å². The van der Waals surface area contributed by atoms with E-state index in [9.17, 15) is 0 Å². The summed E-state index contributed by atoms with van der Waals surface area (Å²) in [5, 5.41) is 1.19. The summed E-state index contributed by atoms with van der Waals surface area (Å²) in [6.07, 6.45) is 15.1. The SMILES string of the molecule is C=C/C(C)=C(\C=C/C)c1cc(-c2cnc(CC(C)C)s2)cn2ccnc12. The van der Waals surface area contributed by atoms with Gasteiger partial charge in [-0.1, -0.05) is 38.7 Å². The Bertz CT molecular complexity index is 986. The molecule has 0 fully saturated rings. The molecular formula is C22H25N3S. The van der Waals surface area contributed by atoms with Crippen LogP contribution in [0.2, 0.25) is 0 Å². The van der Waals surface area contributed by atoms with Crippen molar-refractivity contribution in [2.24, 2.45) is 5.92 Å². The van der Waals surface area contributed by atoms with E-state index in [0.29, 0.717) is 5.92 Å². The molecule has 3 aromatic heterocycles. The van der Waals surface area contributed by atoms with Crippen molar-refractivity contribution in [2.45, 2.75) is 34.1 Å². The Labute approximate surface area is 159 Å². The fourth-order valence-corrected chi connectivity index (χ4v) is 4.07. The van der Waals surface area contributed by atoms with Crippen molar-refractivity contribution >= 4 is 22.6 Å². The Morgan fingerprint density at radius 3 is 2.85 bits per heavy atom. The maximum Gasteiger partial charge on any atom is 0.144 e. The number of pyridine rings is 1. The third-order valence-electron chi connectivity index (χ3n) is 4.26. The van der Waals surface area contributed by atoms with E-state index in [1.54, 1.807) is 11.3 Å². The summed E-state index contributed by atoms with van der Waals surface area (Å²) in [4.78, 5) is 10.4. The van der Waals surface area contributed by atoms with E-state index in [-0.39, 0.29) is 0 Å². The first kappa shape index (κ1) is 18.3. The molecule has 134 valence electrons. The van der Waals surface area contributed by atoms with Crippen molar-refractivity contribution < 1.29 is 0 Å². The predicted molar refractivity (Wildman–Crippen MR) is 112 cm³/mol. The number of hydrogen-bond donors (Lipinski definition) is 0. The quantitative estimate of drug-likeness (QED) is 0.489. The zero-order chi connectivity index (χ0) is 18.7. The molecule has 0 unspecified atom stereocenters. The third-order valence-corrected chi connectivity index (χ3v) is 5.33. The van der Waals surface area contributed by atoms with Crippen LogP contribution in [0, 0.1) is 5.92 Å². The summed E-state index contributed by atoms with van der Waals surface area (Å²) in [6.45, 7) is 12.5. The highest BCUT2D eigenvalue weighted by atomic mass is 32.1. The number of thiazole rings is 1. The maximum absolute atomic E-state index is 4.61. The Kier molecular flexibility index (Phi) is 5.52. The highest BCUT2D eigenvalue weighted by molar-refractivity contribution is 7.15. The number of allylic oxidation sites excluding steroid dienone is 5. The number of rotatable bonds is 6. The molecule has 0 spiro atoms. The van der Waals surface area contributed by atoms with E-state index in [1.165, 1.54) is 9.88 Å². The second kappa shape index (κ2) is 7.83. The van der Waals surface area contributed by atoms with Gasteiger partial charge in [-0.25, -0.2) is 9.97 Å². The maximum atomic E-state index is 4.61. The number of nitrogens with zero attached hydrogens (tertiary/aromatic N) is 3. The molecule has 0 saturated heterocycles. The zero-order valence-corrected chi connectivity index (χ0v) is 16.7. The van der Waals surface area contributed by atoms with Crippen LogP contribution in [0.5, 0.6) is 0 Å². The molecule has 4 heteroatoms. The third kappa shape index (κ3) is 3.70. The number of imidazole rings is 1. The van der Waals surface area contributed by atoms with Crippen LogP contribution in [-0.4, -0.2) is 14.4 Å². The lowest BCUT2D eigenvalue weighted by Crippen LogP contribution is -1.94. The van der Waals surface area contributed by atoms with Crippen LogP contribution in [0.15, 0.2) is 61.2 Å². The molecule has 3 aromatic rings. The molecule has 0 atom stereocenters. The van der Waals surface area contributed by atoms with E-state index < -0.39 is 0 Å². The summed E-state index contributed by atoms with van der Waals surface area (Å²) >= 11 is 1.77. The minimum absolute atomic E-state index is 0.611. The van der Waals surface area contributed by atoms with Gasteiger partial charge in [-0.2, -0.15) is 0 Å². The smallest absolute Gasteiger partial charge is 0.144 e. The van der Waals surface area contributed by atoms with E-state index in [1.807, 2.05) is 31.6 Å². The van der Waals surface area contributed by atoms with Gasteiger partial charge in [-0.3, -0.25) is 0 Å². The van der Waals surface area contributed by atoms with Crippen LogP contribution < -0.4 is 0 Å². The lowest BCUT2D eigenvalue weighted by molar-refractivity contribution is 0.644. The lowest BCUT2D eigenvalue weighted by Gasteiger charge is -2.10. The Balaban J connectivity index is 2.17. The molecule has 0 aliphatic carbocycles. The van der Waals surface area contributed by atoms with Gasteiger partial charge < -0.3 is 4.40 Å². The molecule has 0 saturated carbocycles. The number of aromatic nitrogens is 3. The van der Waals surface area contributed by atoms with E-state index in [0.717, 1.165) is 34.3 Å². The average Bonchev–Trinajstić information content (AvgIpc) is 3.26. The molecule has 0 aliphatic rings. The van der Waals surface area contributed by atoms with Crippen LogP contribution in [0.1, 0.15) is 38.3 Å². The Hall–Kier alpha value is -2.46. The van der Waals surface area contributed by atoms with E-state index in [4.69, 9.17) is 0 Å². The zero-order valence-electron chi connectivity index (χ0n) is 15.9. The molecule has 0 bridgehead atoms. The molecule has 3 nitrogen and oxygen atoms in total. The van der Waals surface area contributed by atoms with Gasteiger partial charge in [-0.15, -0.1) is 11.3 Å². The number of fused-ring (bicyclic) bond motifs is 1. The lowest BCUT2D eigenvalue weighted by atomic mass is 9.99. The Morgan fingerprint density at radius 2 is 2.15 bits per heavy atom. The summed E-state index contributed by atoms with van der Waals surface area (Å²) in [5.74, 6) is 0.611. The fourth-order valence-electron chi connectivity index (χ4n) is 2.96. The van der Waals surface area contributed by atoms with Crippen molar-refractivity contribution in [1.82, 2.24) is 14.4 Å². The van der Waals surface area contributed by atoms with Crippen molar-refractivity contribution in [1.29, 1.82) is 0 Å². The highest BCUT2D eigenvalue weighted by Crippen LogP contribution is 2.32. The minimum Gasteiger partial charge on any atom is -0.306 e. The van der Waals surface area contributed by atoms with Gasteiger partial charge >= 0.3 is 0 Å². The topological polar surface area (TPSA) is 30.2 Å². The normalized spacial score (nSPS) is 13.0. The summed E-state index contributed by atoms with van der Waals surface area (Å²) in [7, 11) is 0. The molecule has 0 aromatic carbocycles. The second-order valence-electron chi connectivity index (χ2n) is 6.82. The van der Waals surface area contributed by atoms with Gasteiger partial charge in [0, 0.05) is 42.3 Å². The summed E-state index contributed by atoms with van der Waals surface area (Å²) < 4.78 is 2.09. The average molecular weight is 364 g/mol. The molecule has 0 N–H and O–H groups in total. The molecule has 3 heterocycles. The molecule has 0 amide bonds. The molecule has 3 rings (SSSR count). The van der Waals surface area contributed by atoms with Gasteiger partial charge in [0.2, 0.25) is 0 Å². The first-order valence-corrected chi connectivity index (χ1v) is 9.73. The van der Waals surface area contributed by atoms with Crippen LogP contribution >= 0.6 is 11.3 Å². The van der Waals surface area contributed by atoms with Crippen LogP contribution in [0.25, 0.3) is 21.7 Å². The van der Waals surface area contributed by atoms with Crippen LogP contribution in [0.3, 0.4) is 0 Å². The predicted octanol–water partition coefficient (Wildman–Crippen LogP) is 6.19. The molecular weight excluding hydrogens is 338 g/mol. The van der Waals surface area contributed by atoms with Crippen molar-refractivity contribution in [3.8, 4) is 10.4 Å². The van der Waals surface area contributed by atoms with Crippen molar-refractivity contribution in [2.75, 3.05) is 0 Å². The van der Waals surface area contributed by atoms with Gasteiger partial charge in [0.1, 0.15) is 5.65 Å². The summed E-state index contributed by atoms with van der Waals surface area (Å²) in [5.41, 5.74) is 5.51. The highest BCUT2D eigenvalue weighted by Gasteiger charge is 2.13. The summed E-state index contributed by atoms with van der Waals surface area (Å²) in [6, 6.07) is 2.22. The van der Waals surface area contributed by atoms with Crippen LogP contribution in [0.4, 0.5) is 0 Å². The first-order valence-electron chi connectivity index (χ1n) is 8.91. The molecule has 0 aliphatic heterocycles. The van der Waals surface area contributed by atoms with Crippen LogP contribution in [-0.2, 0) is 6.42 Å². The van der Waals surface area contributed by atoms with Gasteiger partial charge in [0.25, 0.3) is 0 Å². The van der Waals surface area contributed by atoms with E-state index in [2.05, 4.69) is 66.1 Å². The van der Waals surface area contributed by atoms with Gasteiger partial charge in [0.05, 0.1) is 9.88 Å².